The zero-order valence-electron chi connectivity index (χ0n) is 10.6. The van der Waals surface area contributed by atoms with Crippen molar-refractivity contribution in [2.24, 2.45) is 0 Å². The third kappa shape index (κ3) is 2.05. The number of fused-ring (bicyclic) bond motifs is 1. The molecular formula is C14H13N3O3. The summed E-state index contributed by atoms with van der Waals surface area (Å²) in [6.07, 6.45) is 1.76. The fraction of sp³-hybridized carbons (Fsp3) is 0.214. The molecule has 6 nitrogen and oxygen atoms in total. The predicted octanol–water partition coefficient (Wildman–Crippen LogP) is 1.06. The molecule has 0 spiro atoms. The van der Waals surface area contributed by atoms with Gasteiger partial charge in [-0.15, -0.1) is 0 Å². The van der Waals surface area contributed by atoms with Crippen LogP contribution in [0.3, 0.4) is 0 Å². The number of aliphatic carboxylic acids is 1. The molecule has 1 aliphatic rings. The second-order valence-electron chi connectivity index (χ2n) is 4.69. The number of carbonyl (C=O) groups excluding carboxylic acids is 1. The van der Waals surface area contributed by atoms with Gasteiger partial charge in [0.25, 0.3) is 5.91 Å². The largest absolute Gasteiger partial charge is 0.480 e. The van der Waals surface area contributed by atoms with Crippen molar-refractivity contribution in [2.45, 2.75) is 19.0 Å². The third-order valence-electron chi connectivity index (χ3n) is 3.47. The van der Waals surface area contributed by atoms with Gasteiger partial charge in [-0.1, -0.05) is 18.2 Å². The predicted molar refractivity (Wildman–Crippen MR) is 70.0 cm³/mol. The first-order valence-electron chi connectivity index (χ1n) is 6.27. The molecule has 1 aromatic carbocycles. The SMILES string of the molecule is O=C(O)C1Cc2nc[nH]c2CN1C(=O)c1ccccc1. The van der Waals surface area contributed by atoms with Crippen LogP contribution in [0.5, 0.6) is 0 Å². The van der Waals surface area contributed by atoms with Gasteiger partial charge < -0.3 is 15.0 Å². The maximum Gasteiger partial charge on any atom is 0.326 e. The van der Waals surface area contributed by atoms with Gasteiger partial charge in [-0.25, -0.2) is 9.78 Å². The first kappa shape index (κ1) is 12.4. The van der Waals surface area contributed by atoms with E-state index < -0.39 is 12.0 Å². The normalized spacial score (nSPS) is 17.6. The first-order chi connectivity index (χ1) is 9.66. The van der Waals surface area contributed by atoms with Crippen molar-refractivity contribution in [3.05, 3.63) is 53.6 Å². The Bertz CT molecular complexity index is 651. The van der Waals surface area contributed by atoms with E-state index in [2.05, 4.69) is 9.97 Å². The second-order valence-corrected chi connectivity index (χ2v) is 4.69. The Hall–Kier alpha value is -2.63. The van der Waals surface area contributed by atoms with Gasteiger partial charge >= 0.3 is 5.97 Å². The number of aromatic nitrogens is 2. The van der Waals surface area contributed by atoms with Crippen LogP contribution in [0, 0.1) is 0 Å². The van der Waals surface area contributed by atoms with Crippen LogP contribution in [0.4, 0.5) is 0 Å². The van der Waals surface area contributed by atoms with Crippen molar-refractivity contribution >= 4 is 11.9 Å². The zero-order chi connectivity index (χ0) is 14.1. The Kier molecular flexibility index (Phi) is 2.98. The zero-order valence-corrected chi connectivity index (χ0v) is 10.6. The molecule has 0 bridgehead atoms. The summed E-state index contributed by atoms with van der Waals surface area (Å²) in [4.78, 5) is 32.3. The Morgan fingerprint density at radius 2 is 2.05 bits per heavy atom. The fourth-order valence-corrected chi connectivity index (χ4v) is 2.42. The lowest BCUT2D eigenvalue weighted by Crippen LogP contribution is -2.48. The number of H-pyrrole nitrogens is 1. The molecule has 102 valence electrons. The average Bonchev–Trinajstić information content (AvgIpc) is 2.93. The van der Waals surface area contributed by atoms with E-state index in [1.165, 1.54) is 11.2 Å². The van der Waals surface area contributed by atoms with E-state index in [1.54, 1.807) is 24.3 Å². The Morgan fingerprint density at radius 3 is 2.75 bits per heavy atom. The minimum Gasteiger partial charge on any atom is -0.480 e. The highest BCUT2D eigenvalue weighted by atomic mass is 16.4. The minimum absolute atomic E-state index is 0.229. The number of rotatable bonds is 2. The van der Waals surface area contributed by atoms with Gasteiger partial charge in [0.15, 0.2) is 0 Å². The summed E-state index contributed by atoms with van der Waals surface area (Å²) in [6.45, 7) is 0.236. The van der Waals surface area contributed by atoms with E-state index >= 15 is 0 Å². The molecule has 20 heavy (non-hydrogen) atoms. The van der Waals surface area contributed by atoms with Crippen molar-refractivity contribution in [3.63, 3.8) is 0 Å². The smallest absolute Gasteiger partial charge is 0.326 e. The molecule has 1 aliphatic heterocycles. The highest BCUT2D eigenvalue weighted by Crippen LogP contribution is 2.22. The van der Waals surface area contributed by atoms with Crippen LogP contribution < -0.4 is 0 Å². The van der Waals surface area contributed by atoms with Crippen LogP contribution in [-0.4, -0.2) is 37.9 Å². The van der Waals surface area contributed by atoms with Gasteiger partial charge in [0, 0.05) is 12.0 Å². The molecule has 2 N–H and O–H groups in total. The van der Waals surface area contributed by atoms with E-state index in [9.17, 15) is 14.7 Å². The lowest BCUT2D eigenvalue weighted by molar-refractivity contribution is -0.142. The number of carbonyl (C=O) groups is 2. The maximum absolute atomic E-state index is 12.5. The van der Waals surface area contributed by atoms with Crippen LogP contribution >= 0.6 is 0 Å². The van der Waals surface area contributed by atoms with Crippen molar-refractivity contribution in [2.75, 3.05) is 0 Å². The summed E-state index contributed by atoms with van der Waals surface area (Å²) in [6, 6.07) is 7.82. The number of carboxylic acid groups (broad SMARTS) is 1. The quantitative estimate of drug-likeness (QED) is 0.855. The number of nitrogens with one attached hydrogen (secondary N) is 1. The molecule has 0 saturated carbocycles. The molecule has 3 rings (SSSR count). The van der Waals surface area contributed by atoms with Crippen molar-refractivity contribution in [3.8, 4) is 0 Å². The summed E-state index contributed by atoms with van der Waals surface area (Å²) >= 11 is 0. The van der Waals surface area contributed by atoms with Crippen LogP contribution in [-0.2, 0) is 17.8 Å². The number of carboxylic acids is 1. The molecular weight excluding hydrogens is 258 g/mol. The highest BCUT2D eigenvalue weighted by Gasteiger charge is 2.36. The Balaban J connectivity index is 1.95. The van der Waals surface area contributed by atoms with E-state index in [0.29, 0.717) is 5.56 Å². The number of nitrogens with zero attached hydrogens (tertiary/aromatic N) is 2. The molecule has 1 unspecified atom stereocenters. The van der Waals surface area contributed by atoms with E-state index in [-0.39, 0.29) is 18.9 Å². The number of aromatic amines is 1. The van der Waals surface area contributed by atoms with Gasteiger partial charge in [0.1, 0.15) is 6.04 Å². The monoisotopic (exact) mass is 271 g/mol. The first-order valence-corrected chi connectivity index (χ1v) is 6.27. The number of hydrogen-bond acceptors (Lipinski definition) is 3. The van der Waals surface area contributed by atoms with Gasteiger partial charge in [0.05, 0.1) is 24.3 Å². The molecule has 0 aliphatic carbocycles. The summed E-state index contributed by atoms with van der Waals surface area (Å²) in [5, 5.41) is 9.34. The van der Waals surface area contributed by atoms with Gasteiger partial charge in [-0.05, 0) is 12.1 Å². The third-order valence-corrected chi connectivity index (χ3v) is 3.47. The summed E-state index contributed by atoms with van der Waals surface area (Å²) in [5.41, 5.74) is 2.00. The van der Waals surface area contributed by atoms with Gasteiger partial charge in [-0.2, -0.15) is 0 Å². The van der Waals surface area contributed by atoms with Crippen LogP contribution in [0.15, 0.2) is 36.7 Å². The average molecular weight is 271 g/mol. The fourth-order valence-electron chi connectivity index (χ4n) is 2.42. The summed E-state index contributed by atoms with van der Waals surface area (Å²) < 4.78 is 0. The number of hydrogen-bond donors (Lipinski definition) is 2. The van der Waals surface area contributed by atoms with Crippen molar-refractivity contribution < 1.29 is 14.7 Å². The Morgan fingerprint density at radius 1 is 1.30 bits per heavy atom. The molecule has 1 aromatic heterocycles. The van der Waals surface area contributed by atoms with Crippen molar-refractivity contribution in [1.29, 1.82) is 0 Å². The standard InChI is InChI=1S/C14H13N3O3/c18-13(9-4-2-1-3-5-9)17-7-11-10(15-8-16-11)6-12(17)14(19)20/h1-5,8,12H,6-7H2,(H,15,16)(H,19,20). The molecule has 0 saturated heterocycles. The number of imidazole rings is 1. The molecule has 6 heteroatoms. The van der Waals surface area contributed by atoms with E-state index in [0.717, 1.165) is 11.4 Å². The second kappa shape index (κ2) is 4.80. The minimum atomic E-state index is -1.01. The van der Waals surface area contributed by atoms with Crippen molar-refractivity contribution in [1.82, 2.24) is 14.9 Å². The molecule has 2 heterocycles. The molecule has 2 aromatic rings. The lowest BCUT2D eigenvalue weighted by Gasteiger charge is -2.32. The van der Waals surface area contributed by atoms with Crippen LogP contribution in [0.2, 0.25) is 0 Å². The lowest BCUT2D eigenvalue weighted by atomic mass is 10.0. The summed E-state index contributed by atoms with van der Waals surface area (Å²) in [5.74, 6) is -1.29. The molecule has 0 fully saturated rings. The summed E-state index contributed by atoms with van der Waals surface area (Å²) in [7, 11) is 0. The molecule has 1 amide bonds. The maximum atomic E-state index is 12.5. The number of benzene rings is 1. The van der Waals surface area contributed by atoms with Gasteiger partial charge in [0.2, 0.25) is 0 Å². The van der Waals surface area contributed by atoms with Gasteiger partial charge in [-0.3, -0.25) is 4.79 Å². The van der Waals surface area contributed by atoms with Crippen LogP contribution in [0.25, 0.3) is 0 Å². The van der Waals surface area contributed by atoms with E-state index in [4.69, 9.17) is 0 Å². The topological polar surface area (TPSA) is 86.3 Å². The van der Waals surface area contributed by atoms with E-state index in [1.807, 2.05) is 6.07 Å². The Labute approximate surface area is 115 Å². The highest BCUT2D eigenvalue weighted by molar-refractivity contribution is 5.96. The molecule has 0 radical (unpaired) electrons. The number of amides is 1. The van der Waals surface area contributed by atoms with Crippen LogP contribution in [0.1, 0.15) is 21.7 Å². The molecule has 1 atom stereocenters.